The minimum absolute atomic E-state index is 0.0109. The summed E-state index contributed by atoms with van der Waals surface area (Å²) in [4.78, 5) is 25.0. The van der Waals surface area contributed by atoms with Gasteiger partial charge in [0.05, 0.1) is 5.25 Å². The lowest BCUT2D eigenvalue weighted by Crippen LogP contribution is -2.50. The number of hydrogen-bond acceptors (Lipinski definition) is 3. The highest BCUT2D eigenvalue weighted by atomic mass is 32.2. The number of piperidine rings is 1. The van der Waals surface area contributed by atoms with Crippen molar-refractivity contribution in [2.45, 2.75) is 57.2 Å². The third-order valence-corrected chi connectivity index (χ3v) is 4.51. The normalized spacial score (nSPS) is 21.7. The Morgan fingerprint density at radius 1 is 1.44 bits per heavy atom. The molecular weight excluding hydrogens is 250 g/mol. The number of unbranched alkanes of at least 4 members (excludes halogenated alkanes) is 1. The molecule has 1 aliphatic rings. The second-order valence-electron chi connectivity index (χ2n) is 4.75. The molecule has 0 saturated carbocycles. The first-order chi connectivity index (χ1) is 8.57. The van der Waals surface area contributed by atoms with E-state index < -0.39 is 12.0 Å². The summed E-state index contributed by atoms with van der Waals surface area (Å²) in [5.74, 6) is 0.0895. The monoisotopic (exact) mass is 273 g/mol. The van der Waals surface area contributed by atoms with Crippen LogP contribution in [-0.2, 0) is 9.59 Å². The summed E-state index contributed by atoms with van der Waals surface area (Å²) in [7, 11) is 0. The van der Waals surface area contributed by atoms with Gasteiger partial charge in [0, 0.05) is 6.54 Å². The molecule has 1 heterocycles. The second kappa shape index (κ2) is 7.67. The summed E-state index contributed by atoms with van der Waals surface area (Å²) in [6.45, 7) is 4.60. The van der Waals surface area contributed by atoms with Crippen molar-refractivity contribution < 1.29 is 14.7 Å². The SMILES string of the molecule is CCCCSC(C)C(=O)N1CCCCC1C(=O)O. The summed E-state index contributed by atoms with van der Waals surface area (Å²) in [5, 5.41) is 9.02. The largest absolute Gasteiger partial charge is 0.480 e. The smallest absolute Gasteiger partial charge is 0.326 e. The van der Waals surface area contributed by atoms with Crippen molar-refractivity contribution in [1.29, 1.82) is 0 Å². The van der Waals surface area contributed by atoms with Crippen molar-refractivity contribution in [2.75, 3.05) is 12.3 Å². The molecule has 0 aliphatic carbocycles. The van der Waals surface area contributed by atoms with Crippen molar-refractivity contribution in [1.82, 2.24) is 4.90 Å². The third kappa shape index (κ3) is 4.19. The highest BCUT2D eigenvalue weighted by Gasteiger charge is 2.33. The Bertz CT molecular complexity index is 296. The van der Waals surface area contributed by atoms with Crippen molar-refractivity contribution in [3.8, 4) is 0 Å². The number of hydrogen-bond donors (Lipinski definition) is 1. The van der Waals surface area contributed by atoms with Crippen molar-refractivity contribution in [3.63, 3.8) is 0 Å². The fourth-order valence-electron chi connectivity index (χ4n) is 2.16. The highest BCUT2D eigenvalue weighted by Crippen LogP contribution is 2.22. The molecule has 18 heavy (non-hydrogen) atoms. The average Bonchev–Trinajstić information content (AvgIpc) is 2.38. The molecule has 4 nitrogen and oxygen atoms in total. The first-order valence-electron chi connectivity index (χ1n) is 6.72. The zero-order valence-electron chi connectivity index (χ0n) is 11.2. The molecule has 1 amide bonds. The van der Waals surface area contributed by atoms with Gasteiger partial charge in [0.15, 0.2) is 0 Å². The van der Waals surface area contributed by atoms with Gasteiger partial charge in [-0.15, -0.1) is 11.8 Å². The summed E-state index contributed by atoms with van der Waals surface area (Å²) in [5.41, 5.74) is 0. The van der Waals surface area contributed by atoms with Crippen molar-refractivity contribution in [3.05, 3.63) is 0 Å². The third-order valence-electron chi connectivity index (χ3n) is 3.28. The Balaban J connectivity index is 2.54. The first-order valence-corrected chi connectivity index (χ1v) is 7.77. The van der Waals surface area contributed by atoms with Gasteiger partial charge in [0.1, 0.15) is 6.04 Å². The number of carbonyl (C=O) groups excluding carboxylic acids is 1. The van der Waals surface area contributed by atoms with Gasteiger partial charge in [-0.2, -0.15) is 0 Å². The van der Waals surface area contributed by atoms with Gasteiger partial charge in [-0.1, -0.05) is 13.3 Å². The molecule has 0 bridgehead atoms. The van der Waals surface area contributed by atoms with Crippen LogP contribution in [0.4, 0.5) is 0 Å². The molecule has 1 fully saturated rings. The lowest BCUT2D eigenvalue weighted by molar-refractivity contribution is -0.151. The standard InChI is InChI=1S/C13H23NO3S/c1-3-4-9-18-10(2)12(15)14-8-6-5-7-11(14)13(16)17/h10-11H,3-9H2,1-2H3,(H,16,17). The number of carboxylic acids is 1. The van der Waals surface area contributed by atoms with Crippen LogP contribution >= 0.6 is 11.8 Å². The van der Waals surface area contributed by atoms with Gasteiger partial charge in [-0.3, -0.25) is 4.79 Å². The fraction of sp³-hybridized carbons (Fsp3) is 0.846. The maximum Gasteiger partial charge on any atom is 0.326 e. The van der Waals surface area contributed by atoms with E-state index in [1.54, 1.807) is 16.7 Å². The van der Waals surface area contributed by atoms with E-state index in [-0.39, 0.29) is 11.2 Å². The number of thioether (sulfide) groups is 1. The quantitative estimate of drug-likeness (QED) is 0.755. The van der Waals surface area contributed by atoms with Crippen LogP contribution in [0, 0.1) is 0 Å². The van der Waals surface area contributed by atoms with Crippen LogP contribution in [0.5, 0.6) is 0 Å². The molecule has 2 unspecified atom stereocenters. The molecule has 1 rings (SSSR count). The molecule has 1 saturated heterocycles. The molecule has 0 spiro atoms. The zero-order valence-corrected chi connectivity index (χ0v) is 12.0. The van der Waals surface area contributed by atoms with E-state index in [1.165, 1.54) is 0 Å². The average molecular weight is 273 g/mol. The van der Waals surface area contributed by atoms with Crippen LogP contribution in [0.25, 0.3) is 0 Å². The summed E-state index contributed by atoms with van der Waals surface area (Å²) >= 11 is 1.63. The number of rotatable bonds is 6. The van der Waals surface area contributed by atoms with Crippen LogP contribution in [0.1, 0.15) is 46.0 Å². The second-order valence-corrected chi connectivity index (χ2v) is 6.20. The lowest BCUT2D eigenvalue weighted by atomic mass is 10.0. The maximum absolute atomic E-state index is 12.2. The number of likely N-dealkylation sites (tertiary alicyclic amines) is 1. The minimum atomic E-state index is -0.867. The van der Waals surface area contributed by atoms with Gasteiger partial charge in [-0.25, -0.2) is 4.79 Å². The van der Waals surface area contributed by atoms with E-state index in [1.807, 2.05) is 6.92 Å². The molecule has 0 aromatic heterocycles. The van der Waals surface area contributed by atoms with E-state index in [0.29, 0.717) is 13.0 Å². The van der Waals surface area contributed by atoms with Crippen molar-refractivity contribution in [2.24, 2.45) is 0 Å². The van der Waals surface area contributed by atoms with Gasteiger partial charge >= 0.3 is 5.97 Å². The van der Waals surface area contributed by atoms with Gasteiger partial charge < -0.3 is 10.0 Å². The first kappa shape index (κ1) is 15.3. The van der Waals surface area contributed by atoms with E-state index >= 15 is 0 Å². The minimum Gasteiger partial charge on any atom is -0.480 e. The number of carboxylic acid groups (broad SMARTS) is 1. The molecule has 0 radical (unpaired) electrons. The van der Waals surface area contributed by atoms with E-state index in [9.17, 15) is 9.59 Å². The Hall–Kier alpha value is -0.710. The van der Waals surface area contributed by atoms with Crippen LogP contribution in [0.2, 0.25) is 0 Å². The van der Waals surface area contributed by atoms with Crippen LogP contribution in [0.15, 0.2) is 0 Å². The van der Waals surface area contributed by atoms with E-state index in [2.05, 4.69) is 6.92 Å². The molecule has 1 N–H and O–H groups in total. The van der Waals surface area contributed by atoms with Gasteiger partial charge in [0.2, 0.25) is 5.91 Å². The number of aliphatic carboxylic acids is 1. The molecule has 5 heteroatoms. The summed E-state index contributed by atoms with van der Waals surface area (Å²) < 4.78 is 0. The summed E-state index contributed by atoms with van der Waals surface area (Å²) in [6, 6.07) is -0.611. The number of amides is 1. The highest BCUT2D eigenvalue weighted by molar-refractivity contribution is 8.00. The van der Waals surface area contributed by atoms with Gasteiger partial charge in [0.25, 0.3) is 0 Å². The molecule has 104 valence electrons. The molecule has 0 aromatic rings. The topological polar surface area (TPSA) is 57.6 Å². The van der Waals surface area contributed by atoms with Gasteiger partial charge in [-0.05, 0) is 38.4 Å². The lowest BCUT2D eigenvalue weighted by Gasteiger charge is -2.34. The van der Waals surface area contributed by atoms with E-state index in [4.69, 9.17) is 5.11 Å². The van der Waals surface area contributed by atoms with Crippen LogP contribution in [-0.4, -0.2) is 45.5 Å². The molecule has 1 aliphatic heterocycles. The predicted molar refractivity (Wildman–Crippen MR) is 73.8 cm³/mol. The molecule has 0 aromatic carbocycles. The van der Waals surface area contributed by atoms with Crippen LogP contribution in [0.3, 0.4) is 0 Å². The zero-order chi connectivity index (χ0) is 13.5. The predicted octanol–water partition coefficient (Wildman–Crippen LogP) is 2.37. The van der Waals surface area contributed by atoms with Crippen LogP contribution < -0.4 is 0 Å². The Labute approximate surface area is 113 Å². The van der Waals surface area contributed by atoms with Crippen molar-refractivity contribution >= 4 is 23.6 Å². The fourth-order valence-corrected chi connectivity index (χ4v) is 3.25. The maximum atomic E-state index is 12.2. The molecular formula is C13H23NO3S. The Kier molecular flexibility index (Phi) is 6.54. The summed E-state index contributed by atoms with van der Waals surface area (Å²) in [6.07, 6.45) is 4.63. The number of nitrogens with zero attached hydrogens (tertiary/aromatic N) is 1. The number of carbonyl (C=O) groups is 2. The van der Waals surface area contributed by atoms with E-state index in [0.717, 1.165) is 31.4 Å². The Morgan fingerprint density at radius 2 is 2.17 bits per heavy atom. The molecule has 2 atom stereocenters. The Morgan fingerprint density at radius 3 is 2.78 bits per heavy atom.